The van der Waals surface area contributed by atoms with E-state index >= 15 is 0 Å². The third kappa shape index (κ3) is 3.54. The van der Waals surface area contributed by atoms with Gasteiger partial charge < -0.3 is 5.11 Å². The number of hydrogen-bond donors (Lipinski definition) is 1. The van der Waals surface area contributed by atoms with Crippen molar-refractivity contribution >= 4 is 5.97 Å². The third-order valence-corrected chi connectivity index (χ3v) is 1.35. The summed E-state index contributed by atoms with van der Waals surface area (Å²) in [5.41, 5.74) is 0. The first-order chi connectivity index (χ1) is 5.25. The summed E-state index contributed by atoms with van der Waals surface area (Å²) in [7, 11) is 0. The molecule has 0 aromatic rings. The lowest BCUT2D eigenvalue weighted by Crippen LogP contribution is -2.32. The van der Waals surface area contributed by atoms with Crippen molar-refractivity contribution < 1.29 is 27.5 Å². The van der Waals surface area contributed by atoms with E-state index in [0.29, 0.717) is 0 Å². The van der Waals surface area contributed by atoms with Crippen LogP contribution in [0.4, 0.5) is 17.6 Å². The van der Waals surface area contributed by atoms with Gasteiger partial charge in [0.2, 0.25) is 6.43 Å². The Kier molecular flexibility index (Phi) is 3.48. The zero-order valence-electron chi connectivity index (χ0n) is 6.23. The Hall–Kier alpha value is -0.810. The number of alkyl halides is 4. The summed E-state index contributed by atoms with van der Waals surface area (Å²) in [5, 5.41) is 8.03. The van der Waals surface area contributed by atoms with Crippen LogP contribution < -0.4 is 0 Å². The molecule has 12 heavy (non-hydrogen) atoms. The van der Waals surface area contributed by atoms with Gasteiger partial charge in [-0.3, -0.25) is 4.79 Å². The summed E-state index contributed by atoms with van der Waals surface area (Å²) >= 11 is 0. The fourth-order valence-corrected chi connectivity index (χ4v) is 0.678. The van der Waals surface area contributed by atoms with Crippen LogP contribution in [0.5, 0.6) is 0 Å². The van der Waals surface area contributed by atoms with Crippen LogP contribution in [0.15, 0.2) is 0 Å². The first-order valence-electron chi connectivity index (χ1n) is 3.13. The third-order valence-electron chi connectivity index (χ3n) is 1.35. The molecule has 0 aromatic heterocycles. The summed E-state index contributed by atoms with van der Waals surface area (Å²) in [6, 6.07) is 0. The van der Waals surface area contributed by atoms with E-state index < -0.39 is 30.7 Å². The van der Waals surface area contributed by atoms with Crippen LogP contribution >= 0.6 is 0 Å². The standard InChI is InChI=1S/C6H8F4O2/c1-6(9,10)3(5(7)8)2-4(11)12/h3,5H,2H2,1H3,(H,11,12). The fourth-order valence-electron chi connectivity index (χ4n) is 0.678. The lowest BCUT2D eigenvalue weighted by molar-refractivity contribution is -0.150. The molecule has 0 aliphatic rings. The second-order valence-electron chi connectivity index (χ2n) is 2.50. The highest BCUT2D eigenvalue weighted by Crippen LogP contribution is 2.31. The van der Waals surface area contributed by atoms with E-state index in [2.05, 4.69) is 0 Å². The van der Waals surface area contributed by atoms with Gasteiger partial charge in [0.25, 0.3) is 5.92 Å². The molecule has 6 heteroatoms. The van der Waals surface area contributed by atoms with Crippen LogP contribution in [-0.4, -0.2) is 23.4 Å². The van der Waals surface area contributed by atoms with Crippen LogP contribution in [0.25, 0.3) is 0 Å². The van der Waals surface area contributed by atoms with E-state index in [0.717, 1.165) is 0 Å². The summed E-state index contributed by atoms with van der Waals surface area (Å²) < 4.78 is 48.1. The second kappa shape index (κ2) is 3.73. The number of carboxylic acid groups (broad SMARTS) is 1. The highest BCUT2D eigenvalue weighted by molar-refractivity contribution is 5.67. The first kappa shape index (κ1) is 11.2. The molecule has 0 bridgehead atoms. The molecule has 1 atom stereocenters. The predicted octanol–water partition coefficient (Wildman–Crippen LogP) is 2.00. The highest BCUT2D eigenvalue weighted by atomic mass is 19.3. The monoisotopic (exact) mass is 188 g/mol. The van der Waals surface area contributed by atoms with E-state index in [-0.39, 0.29) is 6.92 Å². The SMILES string of the molecule is CC(F)(F)C(CC(=O)O)C(F)F. The molecule has 0 aromatic carbocycles. The van der Waals surface area contributed by atoms with E-state index in [9.17, 15) is 22.4 Å². The van der Waals surface area contributed by atoms with Gasteiger partial charge in [-0.05, 0) is 6.92 Å². The van der Waals surface area contributed by atoms with Crippen LogP contribution in [0, 0.1) is 5.92 Å². The van der Waals surface area contributed by atoms with Crippen molar-refractivity contribution in [3.8, 4) is 0 Å². The molecule has 0 heterocycles. The smallest absolute Gasteiger partial charge is 0.304 e. The predicted molar refractivity (Wildman–Crippen MR) is 32.4 cm³/mol. The minimum Gasteiger partial charge on any atom is -0.481 e. The van der Waals surface area contributed by atoms with Gasteiger partial charge in [-0.15, -0.1) is 0 Å². The average Bonchev–Trinajstić information content (AvgIpc) is 1.79. The minimum atomic E-state index is -3.66. The van der Waals surface area contributed by atoms with E-state index in [1.807, 2.05) is 0 Å². The molecule has 0 fully saturated rings. The Morgan fingerprint density at radius 3 is 2.00 bits per heavy atom. The van der Waals surface area contributed by atoms with Crippen molar-refractivity contribution in [2.75, 3.05) is 0 Å². The van der Waals surface area contributed by atoms with Crippen molar-refractivity contribution in [1.82, 2.24) is 0 Å². The number of aliphatic carboxylic acids is 1. The molecule has 2 nitrogen and oxygen atoms in total. The first-order valence-corrected chi connectivity index (χ1v) is 3.13. The number of halogens is 4. The van der Waals surface area contributed by atoms with Crippen molar-refractivity contribution in [1.29, 1.82) is 0 Å². The van der Waals surface area contributed by atoms with Crippen LogP contribution in [0.3, 0.4) is 0 Å². The van der Waals surface area contributed by atoms with E-state index in [4.69, 9.17) is 5.11 Å². The lowest BCUT2D eigenvalue weighted by Gasteiger charge is -2.20. The number of carboxylic acids is 1. The van der Waals surface area contributed by atoms with Crippen molar-refractivity contribution in [3.63, 3.8) is 0 Å². The maximum atomic E-state index is 12.3. The van der Waals surface area contributed by atoms with Crippen LogP contribution in [0.1, 0.15) is 13.3 Å². The van der Waals surface area contributed by atoms with Gasteiger partial charge in [-0.25, -0.2) is 17.6 Å². The topological polar surface area (TPSA) is 37.3 Å². The fraction of sp³-hybridized carbons (Fsp3) is 0.833. The molecular formula is C6H8F4O2. The molecule has 72 valence electrons. The Balaban J connectivity index is 4.35. The van der Waals surface area contributed by atoms with Crippen molar-refractivity contribution in [2.45, 2.75) is 25.7 Å². The molecule has 0 spiro atoms. The Bertz CT molecular complexity index is 163. The average molecular weight is 188 g/mol. The molecule has 0 saturated heterocycles. The van der Waals surface area contributed by atoms with Crippen molar-refractivity contribution in [3.05, 3.63) is 0 Å². The van der Waals surface area contributed by atoms with Gasteiger partial charge in [0.1, 0.15) is 0 Å². The van der Waals surface area contributed by atoms with Gasteiger partial charge in [0, 0.05) is 0 Å². The van der Waals surface area contributed by atoms with Gasteiger partial charge in [0.05, 0.1) is 12.3 Å². The molecule has 0 aliphatic carbocycles. The molecular weight excluding hydrogens is 180 g/mol. The molecule has 0 saturated carbocycles. The minimum absolute atomic E-state index is 0.284. The Morgan fingerprint density at radius 2 is 1.92 bits per heavy atom. The molecule has 0 radical (unpaired) electrons. The van der Waals surface area contributed by atoms with Crippen molar-refractivity contribution in [2.24, 2.45) is 5.92 Å². The molecule has 1 unspecified atom stereocenters. The van der Waals surface area contributed by atoms with Crippen LogP contribution in [0.2, 0.25) is 0 Å². The van der Waals surface area contributed by atoms with E-state index in [1.165, 1.54) is 0 Å². The number of rotatable bonds is 4. The maximum Gasteiger partial charge on any atom is 0.304 e. The normalized spacial score (nSPS) is 14.8. The maximum absolute atomic E-state index is 12.3. The summed E-state index contributed by atoms with van der Waals surface area (Å²) in [4.78, 5) is 9.89. The zero-order valence-corrected chi connectivity index (χ0v) is 6.23. The molecule has 0 rings (SSSR count). The Morgan fingerprint density at radius 1 is 1.50 bits per heavy atom. The largest absolute Gasteiger partial charge is 0.481 e. The molecule has 0 aliphatic heterocycles. The summed E-state index contributed by atoms with van der Waals surface area (Å²) in [5.74, 6) is -7.72. The van der Waals surface area contributed by atoms with Gasteiger partial charge in [-0.2, -0.15) is 0 Å². The molecule has 0 amide bonds. The van der Waals surface area contributed by atoms with Gasteiger partial charge in [0.15, 0.2) is 0 Å². The Labute approximate surface area is 66.2 Å². The van der Waals surface area contributed by atoms with E-state index in [1.54, 1.807) is 0 Å². The molecule has 1 N–H and O–H groups in total. The number of carbonyl (C=O) groups is 1. The second-order valence-corrected chi connectivity index (χ2v) is 2.50. The quantitative estimate of drug-likeness (QED) is 0.685. The highest BCUT2D eigenvalue weighted by Gasteiger charge is 2.42. The van der Waals surface area contributed by atoms with Crippen LogP contribution in [-0.2, 0) is 4.79 Å². The lowest BCUT2D eigenvalue weighted by atomic mass is 10.00. The van der Waals surface area contributed by atoms with Gasteiger partial charge in [-0.1, -0.05) is 0 Å². The summed E-state index contributed by atoms with van der Waals surface area (Å²) in [6.07, 6.45) is -4.54. The summed E-state index contributed by atoms with van der Waals surface area (Å²) in [6.45, 7) is 0.284. The van der Waals surface area contributed by atoms with Gasteiger partial charge >= 0.3 is 5.97 Å². The zero-order chi connectivity index (χ0) is 9.94. The number of hydrogen-bond acceptors (Lipinski definition) is 1.